The Balaban J connectivity index is 1.56. The number of aromatic nitrogens is 4. The number of benzene rings is 1. The number of piperazine rings is 1. The second-order valence-corrected chi connectivity index (χ2v) is 8.15. The summed E-state index contributed by atoms with van der Waals surface area (Å²) in [6.45, 7) is 9.27. The van der Waals surface area contributed by atoms with Crippen molar-refractivity contribution in [2.45, 2.75) is 26.8 Å². The molecule has 1 aliphatic rings. The maximum absolute atomic E-state index is 14.8. The molecule has 1 N–H and O–H groups in total. The summed E-state index contributed by atoms with van der Waals surface area (Å²) >= 11 is 0. The zero-order valence-corrected chi connectivity index (χ0v) is 18.2. The third-order valence-corrected chi connectivity index (χ3v) is 5.58. The molecule has 0 bridgehead atoms. The number of hydrogen-bond acceptors (Lipinski definition) is 6. The lowest BCUT2D eigenvalue weighted by molar-refractivity contribution is 0.311. The fourth-order valence-corrected chi connectivity index (χ4v) is 3.81. The number of likely N-dealkylation sites (N-methyl/N-ethyl adjacent to an activating group) is 1. The monoisotopic (exact) mass is 427 g/mol. The van der Waals surface area contributed by atoms with Gasteiger partial charge in [0.1, 0.15) is 11.5 Å². The molecule has 164 valence electrons. The topological polar surface area (TPSA) is 62.1 Å². The highest BCUT2D eigenvalue weighted by Gasteiger charge is 2.19. The van der Waals surface area contributed by atoms with E-state index in [9.17, 15) is 8.78 Å². The summed E-state index contributed by atoms with van der Waals surface area (Å²) in [6, 6.07) is 5.11. The van der Waals surface area contributed by atoms with E-state index in [1.165, 1.54) is 6.07 Å². The van der Waals surface area contributed by atoms with E-state index in [1.807, 2.05) is 30.4 Å². The Bertz CT molecular complexity index is 1070. The van der Waals surface area contributed by atoms with Crippen molar-refractivity contribution in [3.8, 4) is 11.3 Å². The minimum atomic E-state index is -0.534. The molecule has 0 unspecified atom stereocenters. The summed E-state index contributed by atoms with van der Waals surface area (Å²) in [7, 11) is 2.06. The zero-order chi connectivity index (χ0) is 22.1. The Morgan fingerprint density at radius 3 is 2.42 bits per heavy atom. The Morgan fingerprint density at radius 2 is 1.77 bits per heavy atom. The first-order valence-electron chi connectivity index (χ1n) is 10.4. The van der Waals surface area contributed by atoms with Crippen LogP contribution in [0.5, 0.6) is 0 Å². The van der Waals surface area contributed by atoms with Crippen molar-refractivity contribution >= 4 is 17.3 Å². The van der Waals surface area contributed by atoms with Gasteiger partial charge in [0.2, 0.25) is 5.95 Å². The molecule has 0 amide bonds. The number of halogens is 2. The number of hydrogen-bond donors (Lipinski definition) is 1. The van der Waals surface area contributed by atoms with Gasteiger partial charge in [-0.05, 0) is 46.0 Å². The Kier molecular flexibility index (Phi) is 5.86. The molecule has 31 heavy (non-hydrogen) atoms. The van der Waals surface area contributed by atoms with Crippen LogP contribution < -0.4 is 10.2 Å². The Morgan fingerprint density at radius 1 is 1.03 bits per heavy atom. The molecule has 7 nitrogen and oxygen atoms in total. The number of nitrogens with zero attached hydrogens (tertiary/aromatic N) is 6. The maximum Gasteiger partial charge on any atom is 0.227 e. The lowest BCUT2D eigenvalue weighted by Crippen LogP contribution is -2.44. The maximum atomic E-state index is 14.8. The van der Waals surface area contributed by atoms with E-state index in [2.05, 4.69) is 32.3 Å². The van der Waals surface area contributed by atoms with Crippen LogP contribution in [0.15, 0.2) is 30.6 Å². The first-order valence-corrected chi connectivity index (χ1v) is 10.4. The molecule has 0 radical (unpaired) electrons. The molecular weight excluding hydrogens is 400 g/mol. The smallest absolute Gasteiger partial charge is 0.227 e. The average Bonchev–Trinajstić information content (AvgIpc) is 3.12. The summed E-state index contributed by atoms with van der Waals surface area (Å²) in [5.41, 5.74) is 2.67. The van der Waals surface area contributed by atoms with Gasteiger partial charge in [-0.15, -0.1) is 0 Å². The van der Waals surface area contributed by atoms with Crippen LogP contribution in [0.4, 0.5) is 26.1 Å². The number of anilines is 3. The molecule has 1 saturated heterocycles. The average molecular weight is 428 g/mol. The lowest BCUT2D eigenvalue weighted by atomic mass is 10.2. The van der Waals surface area contributed by atoms with Crippen LogP contribution >= 0.6 is 0 Å². The molecule has 1 aliphatic heterocycles. The number of rotatable bonds is 5. The van der Waals surface area contributed by atoms with Crippen LogP contribution in [0.2, 0.25) is 0 Å². The molecular formula is C22H27F2N7. The SMILES string of the molecule is Cc1c(-c2nc(Nc3ccc(N4CCN(C)CC4)c(F)c3)ncc2F)cnn1C(C)C. The summed E-state index contributed by atoms with van der Waals surface area (Å²) in [5.74, 6) is -0.653. The van der Waals surface area contributed by atoms with Crippen LogP contribution in [0.1, 0.15) is 25.6 Å². The fraction of sp³-hybridized carbons (Fsp3) is 0.409. The van der Waals surface area contributed by atoms with E-state index < -0.39 is 5.82 Å². The second kappa shape index (κ2) is 8.58. The molecule has 0 spiro atoms. The molecule has 3 aromatic rings. The van der Waals surface area contributed by atoms with Gasteiger partial charge >= 0.3 is 0 Å². The quantitative estimate of drug-likeness (QED) is 0.664. The van der Waals surface area contributed by atoms with Crippen molar-refractivity contribution in [2.75, 3.05) is 43.4 Å². The van der Waals surface area contributed by atoms with Crippen LogP contribution in [-0.2, 0) is 0 Å². The van der Waals surface area contributed by atoms with Crippen molar-refractivity contribution in [1.82, 2.24) is 24.6 Å². The summed E-state index contributed by atoms with van der Waals surface area (Å²) in [6.07, 6.45) is 2.72. The van der Waals surface area contributed by atoms with E-state index in [4.69, 9.17) is 0 Å². The highest BCUT2D eigenvalue weighted by atomic mass is 19.1. The first-order chi connectivity index (χ1) is 14.8. The summed E-state index contributed by atoms with van der Waals surface area (Å²) in [5, 5.41) is 7.31. The third kappa shape index (κ3) is 4.36. The zero-order valence-electron chi connectivity index (χ0n) is 18.2. The molecule has 9 heteroatoms. The standard InChI is InChI=1S/C22H27F2N7/c1-14(2)31-15(3)17(12-26-31)21-19(24)13-25-22(28-21)27-16-5-6-20(18(23)11-16)30-9-7-29(4)8-10-30/h5-6,11-14H,7-10H2,1-4H3,(H,25,27,28). The van der Waals surface area contributed by atoms with Gasteiger partial charge < -0.3 is 15.1 Å². The number of nitrogens with one attached hydrogen (secondary N) is 1. The Labute approximate surface area is 180 Å². The predicted octanol–water partition coefficient (Wildman–Crippen LogP) is 4.00. The van der Waals surface area contributed by atoms with Crippen molar-refractivity contribution in [3.63, 3.8) is 0 Å². The van der Waals surface area contributed by atoms with E-state index in [0.29, 0.717) is 16.9 Å². The predicted molar refractivity (Wildman–Crippen MR) is 118 cm³/mol. The van der Waals surface area contributed by atoms with E-state index >= 15 is 0 Å². The van der Waals surface area contributed by atoms with Gasteiger partial charge in [-0.2, -0.15) is 5.10 Å². The van der Waals surface area contributed by atoms with Crippen molar-refractivity contribution in [2.24, 2.45) is 0 Å². The second-order valence-electron chi connectivity index (χ2n) is 8.15. The normalized spacial score (nSPS) is 15.0. The summed E-state index contributed by atoms with van der Waals surface area (Å²) in [4.78, 5) is 12.6. The largest absolute Gasteiger partial charge is 0.367 e. The lowest BCUT2D eigenvalue weighted by Gasteiger charge is -2.34. The first kappa shape index (κ1) is 21.2. The minimum absolute atomic E-state index is 0.151. The van der Waals surface area contributed by atoms with Gasteiger partial charge in [0, 0.05) is 49.2 Å². The van der Waals surface area contributed by atoms with Crippen molar-refractivity contribution < 1.29 is 8.78 Å². The fourth-order valence-electron chi connectivity index (χ4n) is 3.81. The van der Waals surface area contributed by atoms with Gasteiger partial charge in [0.05, 0.1) is 18.1 Å². The van der Waals surface area contributed by atoms with Crippen LogP contribution in [0.25, 0.3) is 11.3 Å². The molecule has 0 atom stereocenters. The molecule has 0 aliphatic carbocycles. The molecule has 1 aromatic carbocycles. The van der Waals surface area contributed by atoms with E-state index in [1.54, 1.807) is 18.3 Å². The highest BCUT2D eigenvalue weighted by Crippen LogP contribution is 2.28. The van der Waals surface area contributed by atoms with Gasteiger partial charge in [-0.25, -0.2) is 18.7 Å². The van der Waals surface area contributed by atoms with Gasteiger partial charge in [-0.1, -0.05) is 0 Å². The minimum Gasteiger partial charge on any atom is -0.367 e. The van der Waals surface area contributed by atoms with Crippen molar-refractivity contribution in [1.29, 1.82) is 0 Å². The van der Waals surface area contributed by atoms with E-state index in [0.717, 1.165) is 38.1 Å². The molecule has 2 aromatic heterocycles. The molecule has 0 saturated carbocycles. The van der Waals surface area contributed by atoms with Crippen LogP contribution in [-0.4, -0.2) is 57.9 Å². The van der Waals surface area contributed by atoms with Crippen LogP contribution in [0.3, 0.4) is 0 Å². The highest BCUT2D eigenvalue weighted by molar-refractivity contribution is 5.65. The van der Waals surface area contributed by atoms with E-state index in [-0.39, 0.29) is 23.5 Å². The van der Waals surface area contributed by atoms with Crippen molar-refractivity contribution in [3.05, 3.63) is 47.9 Å². The Hall–Kier alpha value is -3.07. The van der Waals surface area contributed by atoms with Gasteiger partial charge in [-0.3, -0.25) is 4.68 Å². The van der Waals surface area contributed by atoms with Gasteiger partial charge in [0.25, 0.3) is 0 Å². The molecule has 4 rings (SSSR count). The summed E-state index contributed by atoms with van der Waals surface area (Å²) < 4.78 is 31.1. The molecule has 1 fully saturated rings. The van der Waals surface area contributed by atoms with Gasteiger partial charge in [0.15, 0.2) is 5.82 Å². The van der Waals surface area contributed by atoms with Crippen LogP contribution in [0, 0.1) is 18.6 Å². The molecule has 3 heterocycles. The third-order valence-electron chi connectivity index (χ3n) is 5.58.